The maximum absolute atomic E-state index is 14.8. The fourth-order valence-electron chi connectivity index (χ4n) is 3.50. The normalized spacial score (nSPS) is 11.0. The maximum Gasteiger partial charge on any atom is 0.251 e. The number of primary amides is 1. The van der Waals surface area contributed by atoms with E-state index in [9.17, 15) is 22.8 Å². The van der Waals surface area contributed by atoms with Crippen LogP contribution < -0.4 is 11.1 Å². The van der Waals surface area contributed by atoms with Crippen LogP contribution in [0.3, 0.4) is 0 Å². The average Bonchev–Trinajstić information content (AvgIpc) is 3.16. The second kappa shape index (κ2) is 9.25. The zero-order valence-corrected chi connectivity index (χ0v) is 18.5. The van der Waals surface area contributed by atoms with Crippen molar-refractivity contribution in [3.8, 4) is 11.1 Å². The van der Waals surface area contributed by atoms with Gasteiger partial charge in [0.1, 0.15) is 17.5 Å². The van der Waals surface area contributed by atoms with Gasteiger partial charge in [-0.3, -0.25) is 9.59 Å². The molecule has 3 aromatic carbocycles. The van der Waals surface area contributed by atoms with Crippen LogP contribution in [-0.2, 0) is 11.2 Å². The molecule has 3 N–H and O–H groups in total. The zero-order valence-electron chi connectivity index (χ0n) is 16.9. The minimum atomic E-state index is -0.711. The lowest BCUT2D eigenvalue weighted by Gasteiger charge is -2.09. The van der Waals surface area contributed by atoms with E-state index in [-0.39, 0.29) is 28.1 Å². The Kier molecular flexibility index (Phi) is 6.40. The van der Waals surface area contributed by atoms with Crippen molar-refractivity contribution in [1.82, 2.24) is 5.32 Å². The van der Waals surface area contributed by atoms with Crippen LogP contribution in [0.4, 0.5) is 13.2 Å². The largest absolute Gasteiger partial charge is 0.368 e. The molecule has 0 atom stereocenters. The van der Waals surface area contributed by atoms with Gasteiger partial charge in [0.2, 0.25) is 5.91 Å². The fourth-order valence-corrected chi connectivity index (χ4v) is 4.97. The highest BCUT2D eigenvalue weighted by Gasteiger charge is 2.17. The molecule has 0 saturated carbocycles. The van der Waals surface area contributed by atoms with E-state index in [1.165, 1.54) is 47.7 Å². The zero-order chi connectivity index (χ0) is 23.7. The van der Waals surface area contributed by atoms with Gasteiger partial charge in [0, 0.05) is 43.1 Å². The van der Waals surface area contributed by atoms with Gasteiger partial charge in [0.05, 0.1) is 6.54 Å². The predicted molar refractivity (Wildman–Crippen MR) is 123 cm³/mol. The number of nitrogens with one attached hydrogen (secondary N) is 1. The maximum atomic E-state index is 14.8. The van der Waals surface area contributed by atoms with E-state index in [1.807, 2.05) is 0 Å². The van der Waals surface area contributed by atoms with Crippen LogP contribution in [0.1, 0.15) is 20.8 Å². The van der Waals surface area contributed by atoms with E-state index in [0.29, 0.717) is 22.2 Å². The summed E-state index contributed by atoms with van der Waals surface area (Å²) in [6, 6.07) is 12.2. The standard InChI is InChI=1S/C24H16ClF3N2O2S/c25-14-5-12(6-15(26)9-14)7-16-10-19-21(28)4-2-17(23(19)33-16)18-8-13(1-3-20(18)27)24(32)30-11-22(29)31/h1-6,8-10H,7,11H2,(H2,29,31)(H,30,32). The number of benzene rings is 3. The highest BCUT2D eigenvalue weighted by Crippen LogP contribution is 2.38. The van der Waals surface area contributed by atoms with Gasteiger partial charge >= 0.3 is 0 Å². The molecular formula is C24H16ClF3N2O2S. The van der Waals surface area contributed by atoms with Crippen LogP contribution in [0.5, 0.6) is 0 Å². The van der Waals surface area contributed by atoms with Crippen molar-refractivity contribution in [2.45, 2.75) is 6.42 Å². The van der Waals surface area contributed by atoms with Gasteiger partial charge in [-0.2, -0.15) is 0 Å². The van der Waals surface area contributed by atoms with Crippen molar-refractivity contribution in [2.24, 2.45) is 5.73 Å². The Balaban J connectivity index is 1.75. The van der Waals surface area contributed by atoms with Gasteiger partial charge in [-0.05, 0) is 60.2 Å². The number of hydrogen-bond donors (Lipinski definition) is 2. The number of carbonyl (C=O) groups excluding carboxylic acids is 2. The van der Waals surface area contributed by atoms with Crippen molar-refractivity contribution in [3.05, 3.63) is 93.1 Å². The Morgan fingerprint density at radius 3 is 2.42 bits per heavy atom. The number of fused-ring (bicyclic) bond motifs is 1. The van der Waals surface area contributed by atoms with Gasteiger partial charge in [0.25, 0.3) is 5.91 Å². The molecule has 1 aromatic heterocycles. The Labute approximate surface area is 195 Å². The summed E-state index contributed by atoms with van der Waals surface area (Å²) in [6.07, 6.45) is 0.313. The molecule has 33 heavy (non-hydrogen) atoms. The number of rotatable bonds is 6. The third-order valence-corrected chi connectivity index (χ3v) is 6.31. The SMILES string of the molecule is NC(=O)CNC(=O)c1ccc(F)c(-c2ccc(F)c3cc(Cc4cc(F)cc(Cl)c4)sc23)c1. The van der Waals surface area contributed by atoms with Crippen LogP contribution in [-0.4, -0.2) is 18.4 Å². The molecule has 0 bridgehead atoms. The Morgan fingerprint density at radius 1 is 0.939 bits per heavy atom. The lowest BCUT2D eigenvalue weighted by molar-refractivity contribution is -0.117. The number of hydrogen-bond acceptors (Lipinski definition) is 3. The highest BCUT2D eigenvalue weighted by atomic mass is 35.5. The number of thiophene rings is 1. The number of carbonyl (C=O) groups is 2. The van der Waals surface area contributed by atoms with Crippen LogP contribution in [0, 0.1) is 17.5 Å². The molecule has 9 heteroatoms. The summed E-state index contributed by atoms with van der Waals surface area (Å²) in [7, 11) is 0. The first-order valence-electron chi connectivity index (χ1n) is 9.73. The Morgan fingerprint density at radius 2 is 1.70 bits per heavy atom. The molecule has 0 saturated heterocycles. The molecule has 168 valence electrons. The van der Waals surface area contributed by atoms with Crippen molar-refractivity contribution < 1.29 is 22.8 Å². The number of amides is 2. The minimum absolute atomic E-state index is 0.105. The van der Waals surface area contributed by atoms with Crippen LogP contribution in [0.2, 0.25) is 5.02 Å². The smallest absolute Gasteiger partial charge is 0.251 e. The van der Waals surface area contributed by atoms with Crippen LogP contribution in [0.25, 0.3) is 21.2 Å². The second-order valence-electron chi connectivity index (χ2n) is 7.35. The first-order valence-corrected chi connectivity index (χ1v) is 10.9. The third kappa shape index (κ3) is 5.02. The molecule has 4 aromatic rings. The van der Waals surface area contributed by atoms with E-state index >= 15 is 0 Å². The van der Waals surface area contributed by atoms with E-state index in [0.717, 1.165) is 10.9 Å². The lowest BCUT2D eigenvalue weighted by Crippen LogP contribution is -2.33. The highest BCUT2D eigenvalue weighted by molar-refractivity contribution is 7.19. The minimum Gasteiger partial charge on any atom is -0.368 e. The van der Waals surface area contributed by atoms with Gasteiger partial charge < -0.3 is 11.1 Å². The van der Waals surface area contributed by atoms with Gasteiger partial charge in [-0.25, -0.2) is 13.2 Å². The summed E-state index contributed by atoms with van der Waals surface area (Å²) in [6.45, 7) is -0.356. The molecule has 4 rings (SSSR count). The van der Waals surface area contributed by atoms with Crippen molar-refractivity contribution >= 4 is 44.8 Å². The van der Waals surface area contributed by atoms with Crippen LogP contribution >= 0.6 is 22.9 Å². The lowest BCUT2D eigenvalue weighted by atomic mass is 10.0. The monoisotopic (exact) mass is 488 g/mol. The Bertz CT molecular complexity index is 1380. The molecule has 0 unspecified atom stereocenters. The quantitative estimate of drug-likeness (QED) is 0.379. The van der Waals surface area contributed by atoms with Crippen molar-refractivity contribution in [1.29, 1.82) is 0 Å². The molecule has 4 nitrogen and oxygen atoms in total. The van der Waals surface area contributed by atoms with E-state index in [2.05, 4.69) is 5.32 Å². The Hall–Kier alpha value is -3.36. The molecule has 0 radical (unpaired) electrons. The molecular weight excluding hydrogens is 473 g/mol. The first-order chi connectivity index (χ1) is 15.7. The molecule has 1 heterocycles. The topological polar surface area (TPSA) is 72.2 Å². The van der Waals surface area contributed by atoms with Crippen molar-refractivity contribution in [3.63, 3.8) is 0 Å². The fraction of sp³-hybridized carbons (Fsp3) is 0.0833. The second-order valence-corrected chi connectivity index (χ2v) is 8.92. The van der Waals surface area contributed by atoms with Crippen molar-refractivity contribution in [2.75, 3.05) is 6.54 Å². The number of halogens is 4. The average molecular weight is 489 g/mol. The summed E-state index contributed by atoms with van der Waals surface area (Å²) in [5, 5.41) is 2.89. The van der Waals surface area contributed by atoms with E-state index < -0.39 is 29.3 Å². The number of nitrogens with two attached hydrogens (primary N) is 1. The molecule has 0 aliphatic heterocycles. The van der Waals surface area contributed by atoms with Crippen LogP contribution in [0.15, 0.2) is 54.6 Å². The van der Waals surface area contributed by atoms with Gasteiger partial charge in [-0.15, -0.1) is 11.3 Å². The summed E-state index contributed by atoms with van der Waals surface area (Å²) in [5.41, 5.74) is 6.29. The molecule has 0 aliphatic rings. The third-order valence-electron chi connectivity index (χ3n) is 4.92. The molecule has 0 fully saturated rings. The first kappa shape index (κ1) is 22.8. The van der Waals surface area contributed by atoms with Gasteiger partial charge in [0.15, 0.2) is 0 Å². The predicted octanol–water partition coefficient (Wildman–Crippen LogP) is 5.44. The summed E-state index contributed by atoms with van der Waals surface area (Å²) in [4.78, 5) is 23.9. The summed E-state index contributed by atoms with van der Waals surface area (Å²) >= 11 is 7.17. The van der Waals surface area contributed by atoms with E-state index in [4.69, 9.17) is 17.3 Å². The summed E-state index contributed by atoms with van der Waals surface area (Å²) < 4.78 is 43.5. The van der Waals surface area contributed by atoms with Gasteiger partial charge in [-0.1, -0.05) is 11.6 Å². The summed E-state index contributed by atoms with van der Waals surface area (Å²) in [5.74, 6) is -2.86. The molecule has 0 spiro atoms. The molecule has 0 aliphatic carbocycles. The van der Waals surface area contributed by atoms with E-state index in [1.54, 1.807) is 12.1 Å². The molecule has 2 amide bonds.